The number of hydrogen-bond acceptors (Lipinski definition) is 3. The first-order valence-corrected chi connectivity index (χ1v) is 7.53. The Morgan fingerprint density at radius 3 is 2.95 bits per heavy atom. The van der Waals surface area contributed by atoms with E-state index in [2.05, 4.69) is 6.07 Å². The maximum absolute atomic E-state index is 12.9. The van der Waals surface area contributed by atoms with Gasteiger partial charge >= 0.3 is 0 Å². The van der Waals surface area contributed by atoms with Crippen LogP contribution in [0.5, 0.6) is 11.5 Å². The van der Waals surface area contributed by atoms with E-state index in [4.69, 9.17) is 21.1 Å². The molecule has 0 saturated carbocycles. The Morgan fingerprint density at radius 2 is 2.09 bits per heavy atom. The van der Waals surface area contributed by atoms with Gasteiger partial charge in [0.1, 0.15) is 0 Å². The van der Waals surface area contributed by atoms with Gasteiger partial charge in [-0.2, -0.15) is 0 Å². The number of hydrogen-bond donors (Lipinski definition) is 0. The number of rotatable bonds is 1. The molecule has 0 N–H and O–H groups in total. The lowest BCUT2D eigenvalue weighted by Crippen LogP contribution is -2.35. The van der Waals surface area contributed by atoms with E-state index in [-0.39, 0.29) is 18.7 Å². The molecule has 1 amide bonds. The van der Waals surface area contributed by atoms with Crippen molar-refractivity contribution in [2.24, 2.45) is 0 Å². The van der Waals surface area contributed by atoms with Gasteiger partial charge < -0.3 is 14.4 Å². The topological polar surface area (TPSA) is 38.8 Å². The van der Waals surface area contributed by atoms with Crippen molar-refractivity contribution in [3.05, 3.63) is 52.5 Å². The molecule has 0 bridgehead atoms. The van der Waals surface area contributed by atoms with Gasteiger partial charge in [-0.3, -0.25) is 4.79 Å². The minimum Gasteiger partial charge on any atom is -0.454 e. The van der Waals surface area contributed by atoms with Gasteiger partial charge in [0.2, 0.25) is 6.79 Å². The maximum Gasteiger partial charge on any atom is 0.258 e. The molecule has 1 unspecified atom stereocenters. The summed E-state index contributed by atoms with van der Waals surface area (Å²) in [6, 6.07) is 11.4. The molecule has 0 aliphatic carbocycles. The van der Waals surface area contributed by atoms with Crippen LogP contribution in [-0.4, -0.2) is 18.7 Å². The zero-order valence-corrected chi connectivity index (χ0v) is 12.8. The summed E-state index contributed by atoms with van der Waals surface area (Å²) in [5.74, 6) is 0.960. The molecule has 22 heavy (non-hydrogen) atoms. The normalized spacial score (nSPS) is 18.5. The molecule has 2 aromatic rings. The van der Waals surface area contributed by atoms with E-state index >= 15 is 0 Å². The fraction of sp³-hybridized carbons (Fsp3) is 0.235. The molecule has 1 atom stereocenters. The summed E-state index contributed by atoms with van der Waals surface area (Å²) in [5, 5.41) is 0.401. The molecule has 2 aliphatic heterocycles. The third-order valence-corrected chi connectivity index (χ3v) is 4.38. The second-order valence-electron chi connectivity index (χ2n) is 5.55. The molecule has 2 heterocycles. The summed E-state index contributed by atoms with van der Waals surface area (Å²) >= 11 is 6.19. The van der Waals surface area contributed by atoms with Gasteiger partial charge in [-0.25, -0.2) is 0 Å². The second-order valence-corrected chi connectivity index (χ2v) is 5.96. The number of amides is 1. The van der Waals surface area contributed by atoms with Crippen LogP contribution in [0.15, 0.2) is 36.4 Å². The van der Waals surface area contributed by atoms with Crippen molar-refractivity contribution < 1.29 is 14.3 Å². The lowest BCUT2D eigenvalue weighted by atomic mass is 10.1. The van der Waals surface area contributed by atoms with E-state index in [1.54, 1.807) is 12.1 Å². The number of ether oxygens (including phenoxy) is 2. The Labute approximate surface area is 133 Å². The van der Waals surface area contributed by atoms with E-state index in [0.29, 0.717) is 22.1 Å². The summed E-state index contributed by atoms with van der Waals surface area (Å²) in [6.07, 6.45) is 0.861. The standard InChI is InChI=1S/C17H14ClNO3/c1-10-6-11-4-2-3-5-14(11)19(10)17(20)12-7-13(18)16-15(8-12)21-9-22-16/h2-5,7-8,10H,6,9H2,1H3. The summed E-state index contributed by atoms with van der Waals surface area (Å²) in [6.45, 7) is 2.18. The average Bonchev–Trinajstić information content (AvgIpc) is 3.09. The van der Waals surface area contributed by atoms with E-state index in [1.807, 2.05) is 30.0 Å². The number of fused-ring (bicyclic) bond motifs is 2. The highest BCUT2D eigenvalue weighted by atomic mass is 35.5. The fourth-order valence-electron chi connectivity index (χ4n) is 3.10. The molecule has 0 saturated heterocycles. The molecule has 112 valence electrons. The van der Waals surface area contributed by atoms with Gasteiger partial charge in [0.05, 0.1) is 5.02 Å². The third kappa shape index (κ3) is 1.95. The number of anilines is 1. The van der Waals surface area contributed by atoms with Crippen molar-refractivity contribution in [2.45, 2.75) is 19.4 Å². The predicted octanol–water partition coefficient (Wildman–Crippen LogP) is 3.66. The SMILES string of the molecule is CC1Cc2ccccc2N1C(=O)c1cc(Cl)c2c(c1)OCO2. The highest BCUT2D eigenvalue weighted by molar-refractivity contribution is 6.33. The van der Waals surface area contributed by atoms with E-state index in [1.165, 1.54) is 5.56 Å². The largest absolute Gasteiger partial charge is 0.454 e. The van der Waals surface area contributed by atoms with Crippen LogP contribution in [0.2, 0.25) is 5.02 Å². The molecule has 2 aliphatic rings. The molecule has 0 spiro atoms. The molecule has 2 aromatic carbocycles. The molecule has 0 aromatic heterocycles. The van der Waals surface area contributed by atoms with Crippen LogP contribution in [-0.2, 0) is 6.42 Å². The third-order valence-electron chi connectivity index (χ3n) is 4.10. The van der Waals surface area contributed by atoms with Gasteiger partial charge in [0.15, 0.2) is 11.5 Å². The van der Waals surface area contributed by atoms with Crippen molar-refractivity contribution in [3.8, 4) is 11.5 Å². The molecular formula is C17H14ClNO3. The summed E-state index contributed by atoms with van der Waals surface area (Å²) in [5.41, 5.74) is 2.67. The molecule has 0 fully saturated rings. The number of halogens is 1. The number of benzene rings is 2. The van der Waals surface area contributed by atoms with Gasteiger partial charge in [0.25, 0.3) is 5.91 Å². The molecule has 5 heteroatoms. The molecule has 4 rings (SSSR count). The Hall–Kier alpha value is -2.20. The lowest BCUT2D eigenvalue weighted by Gasteiger charge is -2.23. The smallest absolute Gasteiger partial charge is 0.258 e. The first kappa shape index (κ1) is 13.5. The Bertz CT molecular complexity index is 774. The number of para-hydroxylation sites is 1. The first-order valence-electron chi connectivity index (χ1n) is 7.16. The summed E-state index contributed by atoms with van der Waals surface area (Å²) in [4.78, 5) is 14.8. The first-order chi connectivity index (χ1) is 10.6. The van der Waals surface area contributed by atoms with Gasteiger partial charge in [0, 0.05) is 17.3 Å². The van der Waals surface area contributed by atoms with Gasteiger partial charge in [-0.05, 0) is 37.1 Å². The van der Waals surface area contributed by atoms with Crippen LogP contribution in [0.1, 0.15) is 22.8 Å². The van der Waals surface area contributed by atoms with Crippen LogP contribution in [0.3, 0.4) is 0 Å². The zero-order chi connectivity index (χ0) is 15.3. The van der Waals surface area contributed by atoms with Crippen molar-refractivity contribution >= 4 is 23.2 Å². The number of nitrogens with zero attached hydrogens (tertiary/aromatic N) is 1. The second kappa shape index (κ2) is 4.92. The Morgan fingerprint density at radius 1 is 1.27 bits per heavy atom. The lowest BCUT2D eigenvalue weighted by molar-refractivity contribution is 0.0981. The van der Waals surface area contributed by atoms with Gasteiger partial charge in [-0.1, -0.05) is 29.8 Å². The minimum absolute atomic E-state index is 0.0716. The zero-order valence-electron chi connectivity index (χ0n) is 12.0. The van der Waals surface area contributed by atoms with E-state index in [0.717, 1.165) is 12.1 Å². The van der Waals surface area contributed by atoms with Crippen molar-refractivity contribution in [2.75, 3.05) is 11.7 Å². The predicted molar refractivity (Wildman–Crippen MR) is 84.0 cm³/mol. The van der Waals surface area contributed by atoms with Crippen molar-refractivity contribution in [3.63, 3.8) is 0 Å². The summed E-state index contributed by atoms with van der Waals surface area (Å²) < 4.78 is 10.6. The number of carbonyl (C=O) groups is 1. The van der Waals surface area contributed by atoms with Gasteiger partial charge in [-0.15, -0.1) is 0 Å². The van der Waals surface area contributed by atoms with Crippen LogP contribution in [0.4, 0.5) is 5.69 Å². The number of carbonyl (C=O) groups excluding carboxylic acids is 1. The monoisotopic (exact) mass is 315 g/mol. The van der Waals surface area contributed by atoms with Crippen LogP contribution < -0.4 is 14.4 Å². The van der Waals surface area contributed by atoms with E-state index in [9.17, 15) is 4.79 Å². The fourth-order valence-corrected chi connectivity index (χ4v) is 3.37. The van der Waals surface area contributed by atoms with Crippen LogP contribution >= 0.6 is 11.6 Å². The molecule has 4 nitrogen and oxygen atoms in total. The molecule has 0 radical (unpaired) electrons. The van der Waals surface area contributed by atoms with Crippen LogP contribution in [0, 0.1) is 0 Å². The molecular weight excluding hydrogens is 302 g/mol. The highest BCUT2D eigenvalue weighted by Gasteiger charge is 2.32. The summed E-state index contributed by atoms with van der Waals surface area (Å²) in [7, 11) is 0. The Balaban J connectivity index is 1.75. The average molecular weight is 316 g/mol. The minimum atomic E-state index is -0.0716. The highest BCUT2D eigenvalue weighted by Crippen LogP contribution is 2.41. The van der Waals surface area contributed by atoms with Crippen molar-refractivity contribution in [1.29, 1.82) is 0 Å². The van der Waals surface area contributed by atoms with E-state index < -0.39 is 0 Å². The van der Waals surface area contributed by atoms with Crippen molar-refractivity contribution in [1.82, 2.24) is 0 Å². The Kier molecular flexibility index (Phi) is 3.01. The van der Waals surface area contributed by atoms with Crippen LogP contribution in [0.25, 0.3) is 0 Å². The quantitative estimate of drug-likeness (QED) is 0.806. The maximum atomic E-state index is 12.9.